The average molecular weight is 366 g/mol. The van der Waals surface area contributed by atoms with Crippen LogP contribution in [0.5, 0.6) is 0 Å². The summed E-state index contributed by atoms with van der Waals surface area (Å²) in [6.07, 6.45) is 3.25. The van der Waals surface area contributed by atoms with Gasteiger partial charge in [-0.25, -0.2) is 4.39 Å². The molecule has 1 aliphatic rings. The van der Waals surface area contributed by atoms with Gasteiger partial charge in [0.05, 0.1) is 5.41 Å². The molecule has 1 saturated carbocycles. The fraction of sp³-hybridized carbons (Fsp3) is 0.286. The minimum Gasteiger partial charge on any atom is -0.455 e. The Bertz CT molecular complexity index is 916. The highest BCUT2D eigenvalue weighted by Gasteiger charge is 2.44. The summed E-state index contributed by atoms with van der Waals surface area (Å²) in [6, 6.07) is 15.5. The lowest BCUT2D eigenvalue weighted by Gasteiger charge is -2.26. The van der Waals surface area contributed by atoms with E-state index in [0.29, 0.717) is 18.7 Å². The largest absolute Gasteiger partial charge is 0.455 e. The number of rotatable bonds is 5. The van der Waals surface area contributed by atoms with E-state index in [0.717, 1.165) is 24.0 Å². The van der Waals surface area contributed by atoms with Crippen molar-refractivity contribution in [1.29, 1.82) is 0 Å². The zero-order valence-corrected chi connectivity index (χ0v) is 14.7. The minimum atomic E-state index is -0.726. The second-order valence-corrected chi connectivity index (χ2v) is 6.75. The van der Waals surface area contributed by atoms with Crippen LogP contribution >= 0.6 is 0 Å². The molecule has 0 N–H and O–H groups in total. The van der Waals surface area contributed by atoms with Crippen molar-refractivity contribution in [3.05, 3.63) is 71.9 Å². The van der Waals surface area contributed by atoms with E-state index in [9.17, 15) is 9.18 Å². The first-order valence-corrected chi connectivity index (χ1v) is 8.99. The third kappa shape index (κ3) is 3.47. The Morgan fingerprint density at radius 3 is 2.48 bits per heavy atom. The van der Waals surface area contributed by atoms with Gasteiger partial charge in [-0.05, 0) is 30.5 Å². The smallest absolute Gasteiger partial charge is 0.317 e. The van der Waals surface area contributed by atoms with Gasteiger partial charge in [-0.2, -0.15) is 4.98 Å². The number of hydrogen-bond acceptors (Lipinski definition) is 5. The van der Waals surface area contributed by atoms with Crippen LogP contribution in [0.3, 0.4) is 0 Å². The molecule has 0 radical (unpaired) electrons. The topological polar surface area (TPSA) is 65.2 Å². The zero-order valence-electron chi connectivity index (χ0n) is 14.7. The van der Waals surface area contributed by atoms with Crippen LogP contribution in [0.25, 0.3) is 11.4 Å². The maximum atomic E-state index is 13.3. The van der Waals surface area contributed by atoms with Crippen LogP contribution in [0.4, 0.5) is 4.39 Å². The first-order chi connectivity index (χ1) is 13.2. The van der Waals surface area contributed by atoms with Gasteiger partial charge in [-0.15, -0.1) is 0 Å². The summed E-state index contributed by atoms with van der Waals surface area (Å²) >= 11 is 0. The van der Waals surface area contributed by atoms with Gasteiger partial charge in [0.2, 0.25) is 5.82 Å². The van der Waals surface area contributed by atoms with E-state index in [1.54, 1.807) is 12.1 Å². The molecular formula is C21H19FN2O3. The van der Waals surface area contributed by atoms with Gasteiger partial charge in [-0.3, -0.25) is 4.79 Å². The van der Waals surface area contributed by atoms with E-state index < -0.39 is 5.41 Å². The van der Waals surface area contributed by atoms with Crippen LogP contribution in [0.2, 0.25) is 0 Å². The highest BCUT2D eigenvalue weighted by molar-refractivity contribution is 5.83. The summed E-state index contributed by atoms with van der Waals surface area (Å²) < 4.78 is 24.0. The van der Waals surface area contributed by atoms with Crippen molar-refractivity contribution in [2.45, 2.75) is 37.7 Å². The Morgan fingerprint density at radius 1 is 1.07 bits per heavy atom. The maximum Gasteiger partial charge on any atom is 0.317 e. The molecule has 2 aromatic carbocycles. The number of carbonyl (C=O) groups excluding carboxylic acids is 1. The third-order valence-electron chi connectivity index (χ3n) is 5.07. The summed E-state index contributed by atoms with van der Waals surface area (Å²) in [6.45, 7) is -0.0817. The van der Waals surface area contributed by atoms with Gasteiger partial charge in [0.25, 0.3) is 5.89 Å². The average Bonchev–Trinajstić information content (AvgIpc) is 3.38. The van der Waals surface area contributed by atoms with E-state index in [-0.39, 0.29) is 24.3 Å². The Morgan fingerprint density at radius 2 is 1.78 bits per heavy atom. The van der Waals surface area contributed by atoms with Gasteiger partial charge in [-0.1, -0.05) is 60.5 Å². The molecule has 0 bridgehead atoms. The van der Waals surface area contributed by atoms with Crippen LogP contribution in [0.1, 0.15) is 37.1 Å². The number of esters is 1. The Kier molecular flexibility index (Phi) is 4.71. The van der Waals surface area contributed by atoms with Gasteiger partial charge in [0, 0.05) is 5.56 Å². The first kappa shape index (κ1) is 17.4. The number of hydrogen-bond donors (Lipinski definition) is 0. The van der Waals surface area contributed by atoms with Gasteiger partial charge in [0.1, 0.15) is 5.82 Å². The van der Waals surface area contributed by atoms with E-state index in [2.05, 4.69) is 10.1 Å². The summed E-state index contributed by atoms with van der Waals surface area (Å²) in [5.41, 5.74) is 0.898. The summed E-state index contributed by atoms with van der Waals surface area (Å²) in [7, 11) is 0. The molecule has 0 aliphatic heterocycles. The molecular weight excluding hydrogens is 347 g/mol. The predicted molar refractivity (Wildman–Crippen MR) is 96.1 cm³/mol. The number of nitrogens with zero attached hydrogens (tertiary/aromatic N) is 2. The van der Waals surface area contributed by atoms with Crippen molar-refractivity contribution in [2.75, 3.05) is 0 Å². The fourth-order valence-electron chi connectivity index (χ4n) is 3.64. The number of aromatic nitrogens is 2. The van der Waals surface area contributed by atoms with Crippen molar-refractivity contribution in [3.8, 4) is 11.4 Å². The highest BCUT2D eigenvalue weighted by atomic mass is 19.1. The number of halogens is 1. The second-order valence-electron chi connectivity index (χ2n) is 6.75. The lowest BCUT2D eigenvalue weighted by Crippen LogP contribution is -2.34. The molecule has 0 spiro atoms. The van der Waals surface area contributed by atoms with Crippen LogP contribution in [0.15, 0.2) is 59.1 Å². The van der Waals surface area contributed by atoms with E-state index in [1.165, 1.54) is 12.1 Å². The second kappa shape index (κ2) is 7.31. The monoisotopic (exact) mass is 366 g/mol. The molecule has 0 saturated heterocycles. The van der Waals surface area contributed by atoms with Crippen molar-refractivity contribution < 1.29 is 18.4 Å². The molecule has 6 heteroatoms. The zero-order chi connectivity index (χ0) is 18.7. The molecule has 0 amide bonds. The molecule has 1 aliphatic carbocycles. The van der Waals surface area contributed by atoms with Crippen molar-refractivity contribution >= 4 is 5.97 Å². The van der Waals surface area contributed by atoms with Crippen LogP contribution in [-0.2, 0) is 21.6 Å². The molecule has 0 atom stereocenters. The fourth-order valence-corrected chi connectivity index (χ4v) is 3.64. The number of ether oxygens (including phenoxy) is 1. The van der Waals surface area contributed by atoms with Crippen LogP contribution in [-0.4, -0.2) is 16.1 Å². The third-order valence-corrected chi connectivity index (χ3v) is 5.07. The normalized spacial score (nSPS) is 15.6. The quantitative estimate of drug-likeness (QED) is 0.625. The summed E-state index contributed by atoms with van der Waals surface area (Å²) in [5.74, 6) is 0.0517. The van der Waals surface area contributed by atoms with Crippen molar-refractivity contribution in [2.24, 2.45) is 0 Å². The lowest BCUT2D eigenvalue weighted by molar-refractivity contribution is -0.152. The van der Waals surface area contributed by atoms with E-state index in [1.807, 2.05) is 30.3 Å². The molecule has 5 nitrogen and oxygen atoms in total. The molecule has 3 aromatic rings. The molecule has 1 aromatic heterocycles. The van der Waals surface area contributed by atoms with Gasteiger partial charge < -0.3 is 9.26 Å². The number of benzene rings is 2. The van der Waals surface area contributed by atoms with E-state index >= 15 is 0 Å². The molecule has 0 unspecified atom stereocenters. The van der Waals surface area contributed by atoms with Gasteiger partial charge >= 0.3 is 5.97 Å². The number of carbonyl (C=O) groups is 1. The minimum absolute atomic E-state index is 0.0817. The van der Waals surface area contributed by atoms with Crippen LogP contribution < -0.4 is 0 Å². The van der Waals surface area contributed by atoms with Crippen molar-refractivity contribution in [3.63, 3.8) is 0 Å². The molecule has 1 fully saturated rings. The highest BCUT2D eigenvalue weighted by Crippen LogP contribution is 2.42. The Hall–Kier alpha value is -3.02. The lowest BCUT2D eigenvalue weighted by atomic mass is 9.79. The Balaban J connectivity index is 1.48. The summed E-state index contributed by atoms with van der Waals surface area (Å²) in [4.78, 5) is 17.2. The molecule has 1 heterocycles. The SMILES string of the molecule is O=C(OCc1nc(-c2ccccc2)no1)C1(c2ccc(F)cc2)CCCC1. The molecule has 27 heavy (non-hydrogen) atoms. The predicted octanol–water partition coefficient (Wildman–Crippen LogP) is 4.43. The standard InChI is InChI=1S/C21H19FN2O3/c22-17-10-8-16(9-11-17)21(12-4-5-13-21)20(25)26-14-18-23-19(24-27-18)15-6-2-1-3-7-15/h1-3,6-11H,4-5,12-14H2. The maximum absolute atomic E-state index is 13.3. The van der Waals surface area contributed by atoms with Crippen molar-refractivity contribution in [1.82, 2.24) is 10.1 Å². The van der Waals surface area contributed by atoms with E-state index in [4.69, 9.17) is 9.26 Å². The van der Waals surface area contributed by atoms with Gasteiger partial charge in [0.15, 0.2) is 6.61 Å². The first-order valence-electron chi connectivity index (χ1n) is 8.99. The summed E-state index contributed by atoms with van der Waals surface area (Å²) in [5, 5.41) is 3.93. The van der Waals surface area contributed by atoms with Crippen LogP contribution in [0, 0.1) is 5.82 Å². The molecule has 4 rings (SSSR count). The molecule has 138 valence electrons. The Labute approximate surface area is 156 Å².